The SMILES string of the molecule is O=c1c(Br)c2oc3ccc4ccccc4c3nc-2c2ccccc12. The molecule has 1 heterocycles. The summed E-state index contributed by atoms with van der Waals surface area (Å²) < 4.78 is 6.48. The Kier molecular flexibility index (Phi) is 2.79. The first-order valence-corrected chi connectivity index (χ1v) is 8.36. The van der Waals surface area contributed by atoms with E-state index in [-0.39, 0.29) is 5.43 Å². The molecule has 0 atom stereocenters. The summed E-state index contributed by atoms with van der Waals surface area (Å²) in [6.45, 7) is 0. The zero-order valence-electron chi connectivity index (χ0n) is 12.4. The van der Waals surface area contributed by atoms with E-state index in [0.717, 1.165) is 21.7 Å². The average molecular weight is 376 g/mol. The molecule has 0 saturated heterocycles. The Bertz CT molecular complexity index is 1290. The minimum Gasteiger partial charge on any atom is -0.451 e. The Morgan fingerprint density at radius 3 is 2.38 bits per heavy atom. The van der Waals surface area contributed by atoms with Crippen molar-refractivity contribution in [3.63, 3.8) is 0 Å². The van der Waals surface area contributed by atoms with Crippen molar-refractivity contribution in [2.75, 3.05) is 0 Å². The van der Waals surface area contributed by atoms with E-state index in [2.05, 4.69) is 22.0 Å². The molecule has 0 bridgehead atoms. The van der Waals surface area contributed by atoms with Gasteiger partial charge in [0.25, 0.3) is 0 Å². The number of aromatic nitrogens is 1. The van der Waals surface area contributed by atoms with Gasteiger partial charge in [-0.2, -0.15) is 0 Å². The predicted octanol–water partition coefficient (Wildman–Crippen LogP) is 5.36. The molecule has 3 nitrogen and oxygen atoms in total. The lowest BCUT2D eigenvalue weighted by molar-refractivity contribution is 0.611. The number of rotatable bonds is 0. The molecule has 3 aromatic carbocycles. The third-order valence-electron chi connectivity index (χ3n) is 4.34. The van der Waals surface area contributed by atoms with E-state index >= 15 is 0 Å². The molecule has 0 saturated carbocycles. The lowest BCUT2D eigenvalue weighted by Crippen LogP contribution is -2.07. The van der Waals surface area contributed by atoms with E-state index in [1.165, 1.54) is 0 Å². The monoisotopic (exact) mass is 375 g/mol. The van der Waals surface area contributed by atoms with Crippen LogP contribution in [-0.2, 0) is 0 Å². The first-order chi connectivity index (χ1) is 11.7. The van der Waals surface area contributed by atoms with Gasteiger partial charge >= 0.3 is 0 Å². The molecule has 5 rings (SSSR count). The van der Waals surface area contributed by atoms with Gasteiger partial charge < -0.3 is 4.42 Å². The Morgan fingerprint density at radius 1 is 0.833 bits per heavy atom. The highest BCUT2D eigenvalue weighted by atomic mass is 79.9. The maximum atomic E-state index is 12.6. The number of halogens is 1. The van der Waals surface area contributed by atoms with Crippen LogP contribution < -0.4 is 5.43 Å². The fraction of sp³-hybridized carbons (Fsp3) is 0. The summed E-state index contributed by atoms with van der Waals surface area (Å²) in [4.78, 5) is 17.4. The van der Waals surface area contributed by atoms with Crippen LogP contribution in [0.3, 0.4) is 0 Å². The second-order valence-electron chi connectivity index (χ2n) is 5.71. The zero-order valence-corrected chi connectivity index (χ0v) is 14.0. The van der Waals surface area contributed by atoms with Crippen LogP contribution in [0, 0.1) is 0 Å². The largest absolute Gasteiger partial charge is 0.451 e. The van der Waals surface area contributed by atoms with Gasteiger partial charge in [-0.1, -0.05) is 54.6 Å². The van der Waals surface area contributed by atoms with Crippen molar-refractivity contribution < 1.29 is 4.42 Å². The minimum absolute atomic E-state index is 0.0798. The van der Waals surface area contributed by atoms with E-state index in [1.54, 1.807) is 0 Å². The van der Waals surface area contributed by atoms with Gasteiger partial charge in [0.1, 0.15) is 15.7 Å². The highest BCUT2D eigenvalue weighted by molar-refractivity contribution is 9.10. The molecule has 0 N–H and O–H groups in total. The predicted molar refractivity (Wildman–Crippen MR) is 99.6 cm³/mol. The molecular weight excluding hydrogens is 366 g/mol. The molecule has 0 amide bonds. The van der Waals surface area contributed by atoms with Gasteiger partial charge in [-0.25, -0.2) is 4.98 Å². The number of hydrogen-bond acceptors (Lipinski definition) is 3. The molecule has 0 aromatic heterocycles. The number of hydrogen-bond donors (Lipinski definition) is 0. The molecule has 1 aliphatic heterocycles. The molecule has 0 radical (unpaired) electrons. The summed E-state index contributed by atoms with van der Waals surface area (Å²) in [6, 6.07) is 19.5. The fourth-order valence-electron chi connectivity index (χ4n) is 3.19. The lowest BCUT2D eigenvalue weighted by atomic mass is 10.0. The third kappa shape index (κ3) is 1.77. The maximum Gasteiger partial charge on any atom is 0.204 e. The summed E-state index contributed by atoms with van der Waals surface area (Å²) in [5.74, 6) is 0.487. The Morgan fingerprint density at radius 2 is 1.54 bits per heavy atom. The van der Waals surface area contributed by atoms with Crippen LogP contribution in [0.1, 0.15) is 0 Å². The quantitative estimate of drug-likeness (QED) is 0.270. The Balaban J connectivity index is 2.09. The van der Waals surface area contributed by atoms with Crippen molar-refractivity contribution in [3.8, 4) is 11.5 Å². The summed E-state index contributed by atoms with van der Waals surface area (Å²) >= 11 is 3.39. The van der Waals surface area contributed by atoms with Gasteiger partial charge in [-0.3, -0.25) is 4.79 Å². The van der Waals surface area contributed by atoms with Crippen LogP contribution in [0.15, 0.2) is 74.3 Å². The Hall–Kier alpha value is -2.72. The van der Waals surface area contributed by atoms with Gasteiger partial charge in [0, 0.05) is 16.2 Å². The van der Waals surface area contributed by atoms with Crippen molar-refractivity contribution in [2.24, 2.45) is 0 Å². The molecule has 2 aliphatic rings. The molecule has 1 aliphatic carbocycles. The van der Waals surface area contributed by atoms with E-state index in [9.17, 15) is 4.79 Å². The molecule has 0 fully saturated rings. The van der Waals surface area contributed by atoms with Crippen molar-refractivity contribution in [2.45, 2.75) is 0 Å². The van der Waals surface area contributed by atoms with Crippen LogP contribution in [0.4, 0.5) is 0 Å². The average Bonchev–Trinajstić information content (AvgIpc) is 2.65. The smallest absolute Gasteiger partial charge is 0.204 e. The number of benzene rings is 4. The first-order valence-electron chi connectivity index (χ1n) is 7.56. The van der Waals surface area contributed by atoms with E-state index in [4.69, 9.17) is 9.40 Å². The second kappa shape index (κ2) is 4.89. The summed E-state index contributed by atoms with van der Waals surface area (Å²) in [5.41, 5.74) is 2.08. The lowest BCUT2D eigenvalue weighted by Gasteiger charge is -2.12. The van der Waals surface area contributed by atoms with Crippen LogP contribution >= 0.6 is 15.9 Å². The van der Waals surface area contributed by atoms with Crippen LogP contribution in [0.25, 0.3) is 44.1 Å². The summed E-state index contributed by atoms with van der Waals surface area (Å²) in [6.07, 6.45) is 0. The van der Waals surface area contributed by atoms with Gasteiger partial charge in [-0.05, 0) is 27.4 Å². The standard InChI is InChI=1S/C20H10BrNO2/c21-16-19(23)14-8-4-3-7-13(14)18-20(16)24-15-10-9-11-5-1-2-6-12(11)17(15)22-18/h1-10H. The number of nitrogens with zero attached hydrogens (tertiary/aromatic N) is 1. The zero-order chi connectivity index (χ0) is 16.3. The van der Waals surface area contributed by atoms with Gasteiger partial charge in [-0.15, -0.1) is 0 Å². The fourth-order valence-corrected chi connectivity index (χ4v) is 3.68. The van der Waals surface area contributed by atoms with Crippen LogP contribution in [0.5, 0.6) is 0 Å². The third-order valence-corrected chi connectivity index (χ3v) is 5.06. The normalized spacial score (nSPS) is 11.7. The number of fused-ring (bicyclic) bond motifs is 6. The highest BCUT2D eigenvalue weighted by Crippen LogP contribution is 2.36. The van der Waals surface area contributed by atoms with Crippen molar-refractivity contribution in [3.05, 3.63) is 75.4 Å². The van der Waals surface area contributed by atoms with Crippen molar-refractivity contribution >= 4 is 48.6 Å². The van der Waals surface area contributed by atoms with Crippen molar-refractivity contribution in [1.29, 1.82) is 0 Å². The van der Waals surface area contributed by atoms with Crippen LogP contribution in [0.2, 0.25) is 0 Å². The van der Waals surface area contributed by atoms with E-state index in [1.807, 2.05) is 54.6 Å². The molecule has 0 unspecified atom stereocenters. The highest BCUT2D eigenvalue weighted by Gasteiger charge is 2.21. The molecule has 0 spiro atoms. The minimum atomic E-state index is -0.0798. The molecule has 4 heteroatoms. The van der Waals surface area contributed by atoms with Crippen LogP contribution in [-0.4, -0.2) is 4.98 Å². The van der Waals surface area contributed by atoms with Gasteiger partial charge in [0.15, 0.2) is 11.3 Å². The van der Waals surface area contributed by atoms with Crippen molar-refractivity contribution in [1.82, 2.24) is 4.98 Å². The first kappa shape index (κ1) is 13.7. The second-order valence-corrected chi connectivity index (χ2v) is 6.51. The van der Waals surface area contributed by atoms with E-state index in [0.29, 0.717) is 26.9 Å². The topological polar surface area (TPSA) is 43.1 Å². The Labute approximate surface area is 145 Å². The van der Waals surface area contributed by atoms with E-state index < -0.39 is 0 Å². The van der Waals surface area contributed by atoms with Gasteiger partial charge in [0.05, 0.1) is 0 Å². The maximum absolute atomic E-state index is 12.6. The molecule has 114 valence electrons. The summed E-state index contributed by atoms with van der Waals surface area (Å²) in [7, 11) is 0. The molecular formula is C20H10BrNO2. The molecule has 24 heavy (non-hydrogen) atoms. The van der Waals surface area contributed by atoms with Gasteiger partial charge in [0.2, 0.25) is 5.43 Å². The summed E-state index contributed by atoms with van der Waals surface area (Å²) in [5, 5.41) is 3.58. The molecule has 3 aromatic rings.